The highest BCUT2D eigenvalue weighted by Gasteiger charge is 2.05. The number of ether oxygens (including phenoxy) is 1. The molecule has 0 aromatic carbocycles. The number of nitrogens with zero attached hydrogens (tertiary/aromatic N) is 3. The number of aromatic nitrogens is 3. The Kier molecular flexibility index (Phi) is 4.46. The minimum atomic E-state index is 0.153. The molecule has 2 N–H and O–H groups in total. The van der Waals surface area contributed by atoms with Gasteiger partial charge in [-0.3, -0.25) is 4.98 Å². The molecule has 0 bridgehead atoms. The maximum Gasteiger partial charge on any atom is 0.264 e. The predicted molar refractivity (Wildman–Crippen MR) is 69.6 cm³/mol. The molecule has 6 nitrogen and oxygen atoms in total. The standard InChI is InChI=1S/C13H18N4O2/c1-3-10(14)6-11-4-5-12(7-15-11)18-8-13-16-9(2)17-19-13/h4-5,7,10H,3,6,8,14H2,1-2H3. The second-order valence-electron chi connectivity index (χ2n) is 4.38. The Bertz CT molecular complexity index is 510. The molecule has 1 unspecified atom stereocenters. The maximum absolute atomic E-state index is 5.88. The number of hydrogen-bond donors (Lipinski definition) is 1. The fourth-order valence-electron chi connectivity index (χ4n) is 1.57. The summed E-state index contributed by atoms with van der Waals surface area (Å²) in [6, 6.07) is 3.94. The molecular formula is C13H18N4O2. The summed E-state index contributed by atoms with van der Waals surface area (Å²) in [4.78, 5) is 8.37. The summed E-state index contributed by atoms with van der Waals surface area (Å²) in [5.41, 5.74) is 6.85. The first-order valence-corrected chi connectivity index (χ1v) is 6.30. The first kappa shape index (κ1) is 13.5. The summed E-state index contributed by atoms with van der Waals surface area (Å²) < 4.78 is 10.5. The Labute approximate surface area is 112 Å². The Morgan fingerprint density at radius 1 is 1.42 bits per heavy atom. The molecular weight excluding hydrogens is 244 g/mol. The van der Waals surface area contributed by atoms with Crippen LogP contribution in [-0.4, -0.2) is 21.2 Å². The molecule has 2 heterocycles. The largest absolute Gasteiger partial charge is 0.482 e. The first-order valence-electron chi connectivity index (χ1n) is 6.30. The molecule has 6 heteroatoms. The molecule has 0 saturated carbocycles. The van der Waals surface area contributed by atoms with Gasteiger partial charge in [-0.05, 0) is 25.5 Å². The van der Waals surface area contributed by atoms with Crippen molar-refractivity contribution in [3.8, 4) is 5.75 Å². The highest BCUT2D eigenvalue weighted by atomic mass is 16.5. The zero-order valence-electron chi connectivity index (χ0n) is 11.2. The van der Waals surface area contributed by atoms with Crippen LogP contribution in [0.1, 0.15) is 30.8 Å². The van der Waals surface area contributed by atoms with Gasteiger partial charge in [0.25, 0.3) is 5.89 Å². The highest BCUT2D eigenvalue weighted by Crippen LogP contribution is 2.12. The van der Waals surface area contributed by atoms with Crippen molar-refractivity contribution in [3.05, 3.63) is 35.7 Å². The van der Waals surface area contributed by atoms with E-state index in [2.05, 4.69) is 22.0 Å². The normalized spacial score (nSPS) is 12.4. The van der Waals surface area contributed by atoms with Gasteiger partial charge >= 0.3 is 0 Å². The van der Waals surface area contributed by atoms with Gasteiger partial charge in [-0.1, -0.05) is 12.1 Å². The van der Waals surface area contributed by atoms with E-state index in [-0.39, 0.29) is 12.6 Å². The van der Waals surface area contributed by atoms with Gasteiger partial charge in [0.2, 0.25) is 0 Å². The van der Waals surface area contributed by atoms with Crippen LogP contribution in [0.3, 0.4) is 0 Å². The molecule has 2 aromatic rings. The summed E-state index contributed by atoms with van der Waals surface area (Å²) in [6.45, 7) is 4.07. The molecule has 0 spiro atoms. The second-order valence-corrected chi connectivity index (χ2v) is 4.38. The summed E-state index contributed by atoms with van der Waals surface area (Å²) in [6.07, 6.45) is 3.40. The SMILES string of the molecule is CCC(N)Cc1ccc(OCc2nc(C)no2)cn1. The number of nitrogens with two attached hydrogens (primary N) is 1. The van der Waals surface area contributed by atoms with Crippen LogP contribution in [0.4, 0.5) is 0 Å². The van der Waals surface area contributed by atoms with E-state index in [1.165, 1.54) is 0 Å². The lowest BCUT2D eigenvalue weighted by molar-refractivity contribution is 0.242. The van der Waals surface area contributed by atoms with Crippen LogP contribution in [0.5, 0.6) is 5.75 Å². The fraction of sp³-hybridized carbons (Fsp3) is 0.462. The summed E-state index contributed by atoms with van der Waals surface area (Å²) in [5.74, 6) is 1.72. The fourth-order valence-corrected chi connectivity index (χ4v) is 1.57. The second kappa shape index (κ2) is 6.29. The molecule has 0 saturated heterocycles. The van der Waals surface area contributed by atoms with E-state index in [4.69, 9.17) is 15.0 Å². The lowest BCUT2D eigenvalue weighted by Crippen LogP contribution is -2.21. The van der Waals surface area contributed by atoms with Crippen molar-refractivity contribution in [2.24, 2.45) is 5.73 Å². The Morgan fingerprint density at radius 3 is 2.84 bits per heavy atom. The molecule has 19 heavy (non-hydrogen) atoms. The van der Waals surface area contributed by atoms with Crippen LogP contribution >= 0.6 is 0 Å². The van der Waals surface area contributed by atoms with Crippen molar-refractivity contribution in [1.29, 1.82) is 0 Å². The van der Waals surface area contributed by atoms with Crippen molar-refractivity contribution < 1.29 is 9.26 Å². The van der Waals surface area contributed by atoms with Gasteiger partial charge in [-0.2, -0.15) is 4.98 Å². The summed E-state index contributed by atoms with van der Waals surface area (Å²) in [7, 11) is 0. The number of hydrogen-bond acceptors (Lipinski definition) is 6. The molecule has 0 amide bonds. The van der Waals surface area contributed by atoms with E-state index >= 15 is 0 Å². The van der Waals surface area contributed by atoms with Crippen molar-refractivity contribution in [2.75, 3.05) is 0 Å². The molecule has 102 valence electrons. The lowest BCUT2D eigenvalue weighted by Gasteiger charge is -2.08. The zero-order chi connectivity index (χ0) is 13.7. The van der Waals surface area contributed by atoms with Crippen LogP contribution in [0.2, 0.25) is 0 Å². The third-order valence-electron chi connectivity index (χ3n) is 2.73. The van der Waals surface area contributed by atoms with Crippen molar-refractivity contribution in [2.45, 2.75) is 39.3 Å². The quantitative estimate of drug-likeness (QED) is 0.851. The number of rotatable bonds is 6. The lowest BCUT2D eigenvalue weighted by atomic mass is 10.1. The van der Waals surface area contributed by atoms with Crippen LogP contribution < -0.4 is 10.5 Å². The van der Waals surface area contributed by atoms with Gasteiger partial charge < -0.3 is 15.0 Å². The molecule has 2 rings (SSSR count). The molecule has 0 fully saturated rings. The summed E-state index contributed by atoms with van der Waals surface area (Å²) in [5, 5.41) is 3.69. The molecule has 0 aliphatic rings. The van der Waals surface area contributed by atoms with E-state index < -0.39 is 0 Å². The zero-order valence-corrected chi connectivity index (χ0v) is 11.2. The Hall–Kier alpha value is -1.95. The Morgan fingerprint density at radius 2 is 2.26 bits per heavy atom. The van der Waals surface area contributed by atoms with Gasteiger partial charge in [0.05, 0.1) is 6.20 Å². The first-order chi connectivity index (χ1) is 9.17. The van der Waals surface area contributed by atoms with Gasteiger partial charge in [-0.15, -0.1) is 0 Å². The van der Waals surface area contributed by atoms with Crippen molar-refractivity contribution >= 4 is 0 Å². The van der Waals surface area contributed by atoms with Crippen molar-refractivity contribution in [1.82, 2.24) is 15.1 Å². The van der Waals surface area contributed by atoms with Crippen LogP contribution in [0.25, 0.3) is 0 Å². The smallest absolute Gasteiger partial charge is 0.264 e. The predicted octanol–water partition coefficient (Wildman–Crippen LogP) is 1.63. The van der Waals surface area contributed by atoms with Crippen molar-refractivity contribution in [3.63, 3.8) is 0 Å². The highest BCUT2D eigenvalue weighted by molar-refractivity contribution is 5.20. The van der Waals surface area contributed by atoms with Gasteiger partial charge in [-0.25, -0.2) is 0 Å². The topological polar surface area (TPSA) is 87.1 Å². The van der Waals surface area contributed by atoms with Gasteiger partial charge in [0.15, 0.2) is 12.4 Å². The minimum Gasteiger partial charge on any atom is -0.482 e. The maximum atomic E-state index is 5.88. The van der Waals surface area contributed by atoms with E-state index in [0.717, 1.165) is 18.5 Å². The van der Waals surface area contributed by atoms with Gasteiger partial charge in [0.1, 0.15) is 5.75 Å². The van der Waals surface area contributed by atoms with Crippen LogP contribution in [0.15, 0.2) is 22.9 Å². The molecule has 0 aliphatic carbocycles. The van der Waals surface area contributed by atoms with E-state index in [1.807, 2.05) is 12.1 Å². The molecule has 1 atom stereocenters. The molecule has 0 aliphatic heterocycles. The van der Waals surface area contributed by atoms with E-state index in [1.54, 1.807) is 13.1 Å². The average Bonchev–Trinajstić information content (AvgIpc) is 2.83. The third-order valence-corrected chi connectivity index (χ3v) is 2.73. The number of aryl methyl sites for hydroxylation is 1. The third kappa shape index (κ3) is 4.03. The monoisotopic (exact) mass is 262 g/mol. The number of pyridine rings is 1. The Balaban J connectivity index is 1.88. The summed E-state index contributed by atoms with van der Waals surface area (Å²) >= 11 is 0. The van der Waals surface area contributed by atoms with Gasteiger partial charge in [0, 0.05) is 18.2 Å². The van der Waals surface area contributed by atoms with E-state index in [0.29, 0.717) is 17.5 Å². The van der Waals surface area contributed by atoms with Crippen LogP contribution in [0, 0.1) is 6.92 Å². The van der Waals surface area contributed by atoms with E-state index in [9.17, 15) is 0 Å². The van der Waals surface area contributed by atoms with Crippen LogP contribution in [-0.2, 0) is 13.0 Å². The minimum absolute atomic E-state index is 0.153. The molecule has 2 aromatic heterocycles. The average molecular weight is 262 g/mol. The molecule has 0 radical (unpaired) electrons.